The minimum absolute atomic E-state index is 0. The number of hydrogen-bond acceptors (Lipinski definition) is 7. The fraction of sp³-hybridized carbons (Fsp3) is 0.286. The molecule has 8 aromatic rings. The van der Waals surface area contributed by atoms with E-state index in [0.29, 0.717) is 0 Å². The molecule has 0 unspecified atom stereocenters. The molecule has 0 aliphatic heterocycles. The number of pyridine rings is 2. The second-order valence-corrected chi connectivity index (χ2v) is 20.0. The first-order valence-electron chi connectivity index (χ1n) is 16.6. The van der Waals surface area contributed by atoms with Crippen LogP contribution in [0.1, 0.15) is 62.4 Å². The summed E-state index contributed by atoms with van der Waals surface area (Å²) >= 11 is 7.01. The molecule has 0 saturated heterocycles. The van der Waals surface area contributed by atoms with Crippen molar-refractivity contribution in [3.8, 4) is 32.6 Å². The van der Waals surface area contributed by atoms with E-state index in [1.807, 2.05) is 35.1 Å². The van der Waals surface area contributed by atoms with E-state index < -0.39 is 0 Å². The van der Waals surface area contributed by atoms with Crippen molar-refractivity contribution in [2.24, 2.45) is 10.8 Å². The number of hydrogen-bond donors (Lipinski definition) is 0. The average molecular weight is 910 g/mol. The van der Waals surface area contributed by atoms with Crippen LogP contribution in [0.15, 0.2) is 60.9 Å². The normalized spacial score (nSPS) is 12.4. The summed E-state index contributed by atoms with van der Waals surface area (Å²) in [5.74, 6) is 1.46. The van der Waals surface area contributed by atoms with Crippen LogP contribution in [0.5, 0.6) is 11.5 Å². The van der Waals surface area contributed by atoms with E-state index in [1.54, 1.807) is 22.7 Å². The Hall–Kier alpha value is -2.93. The number of aromatic nitrogens is 2. The second-order valence-electron chi connectivity index (χ2n) is 15.4. The van der Waals surface area contributed by atoms with Gasteiger partial charge in [0.05, 0.1) is 0 Å². The molecular formula is C42H38N2OPtS4. The summed E-state index contributed by atoms with van der Waals surface area (Å²) in [5, 5.41) is 5.06. The van der Waals surface area contributed by atoms with E-state index in [2.05, 4.69) is 116 Å². The van der Waals surface area contributed by atoms with Crippen LogP contribution in [-0.4, -0.2) is 9.97 Å². The summed E-state index contributed by atoms with van der Waals surface area (Å²) in [5.41, 5.74) is 5.18. The standard InChI is InChI=1S/C42H38N2OS4.Pt/c1-23-31(19-35(46-23)37-39-29(13-15-43-37)27-11-9-25(17-33(27)48-39)21-41(3,4)5)45-32-20-36(47-24(32)2)38-40-30(14-16-44-38)28-12-10-26(18-34(28)49-40)22-42(6,7)8;/h9-18H,21-22H2,1-8H3;/q-2;+2. The summed E-state index contributed by atoms with van der Waals surface area (Å²) in [6, 6.07) is 25.3. The predicted octanol–water partition coefficient (Wildman–Crippen LogP) is 13.9. The number of ether oxygens (including phenoxy) is 1. The largest absolute Gasteiger partial charge is 2.00 e. The molecule has 6 aromatic heterocycles. The first-order chi connectivity index (χ1) is 23.3. The van der Waals surface area contributed by atoms with E-state index in [9.17, 15) is 0 Å². The van der Waals surface area contributed by atoms with Gasteiger partial charge in [-0.2, -0.15) is 0 Å². The summed E-state index contributed by atoms with van der Waals surface area (Å²) in [6.45, 7) is 17.9. The molecule has 0 atom stereocenters. The fourth-order valence-corrected chi connectivity index (χ4v) is 11.0. The first-order valence-corrected chi connectivity index (χ1v) is 19.9. The second kappa shape index (κ2) is 13.2. The van der Waals surface area contributed by atoms with Crippen molar-refractivity contribution < 1.29 is 25.8 Å². The van der Waals surface area contributed by atoms with E-state index in [-0.39, 0.29) is 31.9 Å². The van der Waals surface area contributed by atoms with Crippen molar-refractivity contribution in [1.29, 1.82) is 0 Å². The van der Waals surface area contributed by atoms with E-state index in [0.717, 1.165) is 55.2 Å². The van der Waals surface area contributed by atoms with E-state index in [4.69, 9.17) is 14.7 Å². The molecular weight excluding hydrogens is 872 g/mol. The zero-order chi connectivity index (χ0) is 34.2. The van der Waals surface area contributed by atoms with Crippen LogP contribution in [0, 0.1) is 36.8 Å². The zero-order valence-corrected chi connectivity index (χ0v) is 35.0. The van der Waals surface area contributed by atoms with Crippen LogP contribution in [0.3, 0.4) is 0 Å². The summed E-state index contributed by atoms with van der Waals surface area (Å²) in [6.07, 6.45) is 5.95. The first kappa shape index (κ1) is 35.5. The SMILES string of the molecule is Cc1sc(-c2nccc3c2sc2cc(CC(C)(C)C)ccc23)[c-]c1Oc1[c-]c(-c2nccc3c2sc2cc(CC(C)(C)C)ccc23)sc1C.[Pt+2]. The Morgan fingerprint density at radius 2 is 1.00 bits per heavy atom. The smallest absolute Gasteiger partial charge is 0.507 e. The van der Waals surface area contributed by atoms with Crippen molar-refractivity contribution in [3.63, 3.8) is 0 Å². The van der Waals surface area contributed by atoms with Gasteiger partial charge in [-0.3, -0.25) is 0 Å². The van der Waals surface area contributed by atoms with Crippen molar-refractivity contribution in [2.75, 3.05) is 0 Å². The van der Waals surface area contributed by atoms with Gasteiger partial charge in [-0.1, -0.05) is 99.2 Å². The van der Waals surface area contributed by atoms with Crippen LogP contribution in [-0.2, 0) is 33.9 Å². The molecule has 2 aromatic carbocycles. The Morgan fingerprint density at radius 1 is 0.580 bits per heavy atom. The molecule has 0 bridgehead atoms. The van der Waals surface area contributed by atoms with Crippen molar-refractivity contribution >= 4 is 85.7 Å². The van der Waals surface area contributed by atoms with Gasteiger partial charge in [0.15, 0.2) is 0 Å². The molecule has 8 heteroatoms. The van der Waals surface area contributed by atoms with Crippen LogP contribution < -0.4 is 4.74 Å². The quantitative estimate of drug-likeness (QED) is 0.156. The maximum Gasteiger partial charge on any atom is 2.00 e. The van der Waals surface area contributed by atoms with E-state index in [1.165, 1.54) is 51.5 Å². The third kappa shape index (κ3) is 6.85. The maximum atomic E-state index is 6.57. The van der Waals surface area contributed by atoms with Crippen molar-refractivity contribution in [3.05, 3.63) is 93.9 Å². The summed E-state index contributed by atoms with van der Waals surface area (Å²) < 4.78 is 11.6. The summed E-state index contributed by atoms with van der Waals surface area (Å²) in [4.78, 5) is 13.9. The van der Waals surface area contributed by atoms with Crippen LogP contribution >= 0.6 is 45.3 Å². The van der Waals surface area contributed by atoms with Gasteiger partial charge in [0.1, 0.15) is 0 Å². The third-order valence-corrected chi connectivity index (χ3v) is 12.9. The van der Waals surface area contributed by atoms with Gasteiger partial charge in [0.25, 0.3) is 0 Å². The van der Waals surface area contributed by atoms with Gasteiger partial charge in [-0.25, -0.2) is 22.7 Å². The zero-order valence-electron chi connectivity index (χ0n) is 29.4. The molecule has 0 radical (unpaired) electrons. The van der Waals surface area contributed by atoms with Gasteiger partial charge >= 0.3 is 21.1 Å². The van der Waals surface area contributed by atoms with Gasteiger partial charge in [-0.15, -0.1) is 34.8 Å². The molecule has 50 heavy (non-hydrogen) atoms. The number of aryl methyl sites for hydroxylation is 2. The number of benzene rings is 2. The molecule has 0 saturated carbocycles. The van der Waals surface area contributed by atoms with Crippen molar-refractivity contribution in [2.45, 2.75) is 68.2 Å². The molecule has 3 nitrogen and oxygen atoms in total. The number of thiophene rings is 4. The van der Waals surface area contributed by atoms with Crippen LogP contribution in [0.25, 0.3) is 61.5 Å². The van der Waals surface area contributed by atoms with Gasteiger partial charge in [-0.05, 0) is 92.0 Å². The van der Waals surface area contributed by atoms with Gasteiger partial charge < -0.3 is 14.7 Å². The minimum Gasteiger partial charge on any atom is -0.507 e. The molecule has 0 spiro atoms. The molecule has 0 amide bonds. The number of nitrogens with zero attached hydrogens (tertiary/aromatic N) is 2. The Morgan fingerprint density at radius 3 is 1.40 bits per heavy atom. The molecule has 0 aliphatic carbocycles. The van der Waals surface area contributed by atoms with Gasteiger partial charge in [0.2, 0.25) is 0 Å². The Bertz CT molecular complexity index is 2360. The third-order valence-electron chi connectivity index (χ3n) is 8.61. The Labute approximate surface area is 324 Å². The van der Waals surface area contributed by atoms with Crippen molar-refractivity contribution in [1.82, 2.24) is 9.97 Å². The fourth-order valence-electron chi connectivity index (χ4n) is 6.61. The topological polar surface area (TPSA) is 35.0 Å². The minimum atomic E-state index is 0. The molecule has 0 fully saturated rings. The van der Waals surface area contributed by atoms with E-state index >= 15 is 0 Å². The predicted molar refractivity (Wildman–Crippen MR) is 214 cm³/mol. The Balaban J connectivity index is 0.00000392. The molecule has 0 N–H and O–H groups in total. The average Bonchev–Trinajstić information content (AvgIpc) is 3.78. The number of rotatable bonds is 6. The molecule has 8 rings (SSSR count). The summed E-state index contributed by atoms with van der Waals surface area (Å²) in [7, 11) is 0. The molecule has 0 aliphatic rings. The van der Waals surface area contributed by atoms with Gasteiger partial charge in [0, 0.05) is 42.7 Å². The van der Waals surface area contributed by atoms with Crippen LogP contribution in [0.2, 0.25) is 0 Å². The monoisotopic (exact) mass is 909 g/mol. The number of fused-ring (bicyclic) bond motifs is 6. The maximum absolute atomic E-state index is 6.57. The molecule has 6 heterocycles. The molecule has 256 valence electrons. The van der Waals surface area contributed by atoms with Crippen LogP contribution in [0.4, 0.5) is 0 Å². The Kier molecular flexibility index (Phi) is 9.39.